The van der Waals surface area contributed by atoms with E-state index in [1.807, 2.05) is 6.07 Å². The van der Waals surface area contributed by atoms with Gasteiger partial charge in [0.1, 0.15) is 5.82 Å². The van der Waals surface area contributed by atoms with E-state index >= 15 is 0 Å². The highest BCUT2D eigenvalue weighted by Gasteiger charge is 2.28. The first-order valence-corrected chi connectivity index (χ1v) is 6.55. The molecule has 1 saturated heterocycles. The molecule has 0 aliphatic carbocycles. The summed E-state index contributed by atoms with van der Waals surface area (Å²) in [6.07, 6.45) is 3.60. The Labute approximate surface area is 109 Å². The Balaban J connectivity index is 1.84. The SMILES string of the molecule is CC(C)(CN)N1CCN(Cc2ncccn2)CC1. The standard InChI is InChI=1S/C13H23N5/c1-13(2,11-14)18-8-6-17(7-9-18)10-12-15-4-3-5-16-12/h3-5H,6-11,14H2,1-2H3. The van der Waals surface area contributed by atoms with Gasteiger partial charge < -0.3 is 5.73 Å². The third kappa shape index (κ3) is 3.25. The summed E-state index contributed by atoms with van der Waals surface area (Å²) in [6, 6.07) is 1.85. The van der Waals surface area contributed by atoms with Crippen molar-refractivity contribution < 1.29 is 0 Å². The van der Waals surface area contributed by atoms with E-state index in [9.17, 15) is 0 Å². The fraction of sp³-hybridized carbons (Fsp3) is 0.692. The highest BCUT2D eigenvalue weighted by atomic mass is 15.3. The summed E-state index contributed by atoms with van der Waals surface area (Å²) >= 11 is 0. The normalized spacial score (nSPS) is 19.1. The molecule has 1 aliphatic rings. The van der Waals surface area contributed by atoms with Gasteiger partial charge in [-0.1, -0.05) is 0 Å². The highest BCUT2D eigenvalue weighted by Crippen LogP contribution is 2.16. The fourth-order valence-electron chi connectivity index (χ4n) is 2.25. The van der Waals surface area contributed by atoms with E-state index in [4.69, 9.17) is 5.73 Å². The summed E-state index contributed by atoms with van der Waals surface area (Å²) in [6.45, 7) is 10.2. The highest BCUT2D eigenvalue weighted by molar-refractivity contribution is 4.91. The molecule has 2 heterocycles. The summed E-state index contributed by atoms with van der Waals surface area (Å²) in [4.78, 5) is 13.4. The van der Waals surface area contributed by atoms with Crippen LogP contribution < -0.4 is 5.73 Å². The van der Waals surface area contributed by atoms with Crippen LogP contribution >= 0.6 is 0 Å². The summed E-state index contributed by atoms with van der Waals surface area (Å²) in [7, 11) is 0. The summed E-state index contributed by atoms with van der Waals surface area (Å²) in [5, 5.41) is 0. The first-order chi connectivity index (χ1) is 8.62. The molecular weight excluding hydrogens is 226 g/mol. The van der Waals surface area contributed by atoms with Crippen LogP contribution in [0.5, 0.6) is 0 Å². The van der Waals surface area contributed by atoms with Gasteiger partial charge in [0.2, 0.25) is 0 Å². The lowest BCUT2D eigenvalue weighted by Crippen LogP contribution is -2.57. The van der Waals surface area contributed by atoms with Crippen molar-refractivity contribution in [1.29, 1.82) is 0 Å². The molecule has 2 rings (SSSR count). The number of nitrogens with two attached hydrogens (primary N) is 1. The van der Waals surface area contributed by atoms with Crippen molar-refractivity contribution >= 4 is 0 Å². The maximum absolute atomic E-state index is 5.82. The minimum absolute atomic E-state index is 0.106. The third-order valence-corrected chi connectivity index (χ3v) is 3.71. The molecule has 0 bridgehead atoms. The van der Waals surface area contributed by atoms with E-state index in [0.29, 0.717) is 6.54 Å². The van der Waals surface area contributed by atoms with Crippen LogP contribution in [0, 0.1) is 0 Å². The van der Waals surface area contributed by atoms with Crippen molar-refractivity contribution in [3.63, 3.8) is 0 Å². The first kappa shape index (κ1) is 13.4. The fourth-order valence-corrected chi connectivity index (χ4v) is 2.25. The summed E-state index contributed by atoms with van der Waals surface area (Å²) < 4.78 is 0. The maximum atomic E-state index is 5.82. The van der Waals surface area contributed by atoms with Gasteiger partial charge in [-0.15, -0.1) is 0 Å². The van der Waals surface area contributed by atoms with Crippen molar-refractivity contribution in [2.75, 3.05) is 32.7 Å². The quantitative estimate of drug-likeness (QED) is 0.833. The molecule has 0 saturated carbocycles. The van der Waals surface area contributed by atoms with E-state index in [-0.39, 0.29) is 5.54 Å². The number of rotatable bonds is 4. The van der Waals surface area contributed by atoms with E-state index in [1.54, 1.807) is 12.4 Å². The van der Waals surface area contributed by atoms with Crippen molar-refractivity contribution in [1.82, 2.24) is 19.8 Å². The van der Waals surface area contributed by atoms with Crippen LogP contribution in [0.25, 0.3) is 0 Å². The monoisotopic (exact) mass is 249 g/mol. The second-order valence-corrected chi connectivity index (χ2v) is 5.44. The van der Waals surface area contributed by atoms with Gasteiger partial charge in [0.25, 0.3) is 0 Å². The van der Waals surface area contributed by atoms with Gasteiger partial charge in [0, 0.05) is 50.7 Å². The van der Waals surface area contributed by atoms with E-state index in [0.717, 1.165) is 38.5 Å². The van der Waals surface area contributed by atoms with Crippen LogP contribution in [-0.4, -0.2) is 58.0 Å². The number of nitrogens with zero attached hydrogens (tertiary/aromatic N) is 4. The number of hydrogen-bond acceptors (Lipinski definition) is 5. The molecule has 0 amide bonds. The van der Waals surface area contributed by atoms with Gasteiger partial charge in [-0.25, -0.2) is 9.97 Å². The van der Waals surface area contributed by atoms with Crippen LogP contribution in [-0.2, 0) is 6.54 Å². The Morgan fingerprint density at radius 1 is 1.17 bits per heavy atom. The Hall–Kier alpha value is -1.04. The molecule has 1 aromatic heterocycles. The second kappa shape index (κ2) is 5.73. The molecule has 1 aliphatic heterocycles. The van der Waals surface area contributed by atoms with Crippen LogP contribution in [0.4, 0.5) is 0 Å². The van der Waals surface area contributed by atoms with Crippen LogP contribution in [0.1, 0.15) is 19.7 Å². The molecule has 2 N–H and O–H groups in total. The van der Waals surface area contributed by atoms with E-state index in [1.165, 1.54) is 0 Å². The minimum Gasteiger partial charge on any atom is -0.329 e. The molecule has 100 valence electrons. The van der Waals surface area contributed by atoms with E-state index < -0.39 is 0 Å². The predicted molar refractivity (Wildman–Crippen MR) is 72.0 cm³/mol. The molecule has 0 atom stereocenters. The van der Waals surface area contributed by atoms with Crippen LogP contribution in [0.2, 0.25) is 0 Å². The van der Waals surface area contributed by atoms with Gasteiger partial charge in [-0.3, -0.25) is 9.80 Å². The average molecular weight is 249 g/mol. The Bertz CT molecular complexity index is 357. The molecule has 1 fully saturated rings. The minimum atomic E-state index is 0.106. The molecule has 1 aromatic rings. The molecule has 0 aromatic carbocycles. The number of hydrogen-bond donors (Lipinski definition) is 1. The van der Waals surface area contributed by atoms with Gasteiger partial charge in [0.05, 0.1) is 6.54 Å². The first-order valence-electron chi connectivity index (χ1n) is 6.55. The smallest absolute Gasteiger partial charge is 0.142 e. The van der Waals surface area contributed by atoms with Crippen LogP contribution in [0.15, 0.2) is 18.5 Å². The molecule has 0 spiro atoms. The Morgan fingerprint density at radius 2 is 1.78 bits per heavy atom. The number of aromatic nitrogens is 2. The summed E-state index contributed by atoms with van der Waals surface area (Å²) in [5.74, 6) is 0.907. The maximum Gasteiger partial charge on any atom is 0.142 e. The van der Waals surface area contributed by atoms with E-state index in [2.05, 4.69) is 33.6 Å². The molecule has 5 heteroatoms. The lowest BCUT2D eigenvalue weighted by molar-refractivity contribution is 0.0527. The average Bonchev–Trinajstić information content (AvgIpc) is 2.40. The van der Waals surface area contributed by atoms with Crippen molar-refractivity contribution in [3.8, 4) is 0 Å². The largest absolute Gasteiger partial charge is 0.329 e. The Morgan fingerprint density at radius 3 is 2.33 bits per heavy atom. The lowest BCUT2D eigenvalue weighted by Gasteiger charge is -2.43. The predicted octanol–water partition coefficient (Wildman–Crippen LogP) is 0.332. The zero-order valence-corrected chi connectivity index (χ0v) is 11.3. The molecular formula is C13H23N5. The second-order valence-electron chi connectivity index (χ2n) is 5.44. The molecule has 0 unspecified atom stereocenters. The number of piperazine rings is 1. The van der Waals surface area contributed by atoms with Gasteiger partial charge in [-0.05, 0) is 19.9 Å². The third-order valence-electron chi connectivity index (χ3n) is 3.71. The summed E-state index contributed by atoms with van der Waals surface area (Å²) in [5.41, 5.74) is 5.93. The van der Waals surface area contributed by atoms with Crippen molar-refractivity contribution in [2.45, 2.75) is 25.9 Å². The van der Waals surface area contributed by atoms with Gasteiger partial charge >= 0.3 is 0 Å². The topological polar surface area (TPSA) is 58.3 Å². The van der Waals surface area contributed by atoms with Crippen molar-refractivity contribution in [2.24, 2.45) is 5.73 Å². The molecule has 18 heavy (non-hydrogen) atoms. The van der Waals surface area contributed by atoms with Gasteiger partial charge in [0.15, 0.2) is 0 Å². The lowest BCUT2D eigenvalue weighted by atomic mass is 10.0. The molecule has 5 nitrogen and oxygen atoms in total. The zero-order chi connectivity index (χ0) is 13.0. The van der Waals surface area contributed by atoms with Gasteiger partial charge in [-0.2, -0.15) is 0 Å². The van der Waals surface area contributed by atoms with Crippen molar-refractivity contribution in [3.05, 3.63) is 24.3 Å². The zero-order valence-electron chi connectivity index (χ0n) is 11.3. The Kier molecular flexibility index (Phi) is 4.27. The van der Waals surface area contributed by atoms with Crippen LogP contribution in [0.3, 0.4) is 0 Å². The molecule has 0 radical (unpaired) electrons.